The number of rotatable bonds is 8. The number of ether oxygens (including phenoxy) is 1. The fourth-order valence-electron chi connectivity index (χ4n) is 2.60. The first kappa shape index (κ1) is 23.9. The highest BCUT2D eigenvalue weighted by Crippen LogP contribution is 2.36. The standard InChI is InChI=1S/C21H18N4O6S2/c1-12-11-32-21(23-12)33-17-8-5-14(9-16(17)25(29)30)20(28)24-15-6-3-13(4-7-15)19(27)22-10-18(26)31-2/h3-9,11H,10H2,1-2H3,(H,22,27)(H,24,28). The zero-order valence-electron chi connectivity index (χ0n) is 17.5. The molecule has 0 saturated carbocycles. The van der Waals surface area contributed by atoms with E-state index in [1.54, 1.807) is 0 Å². The fraction of sp³-hybridized carbons (Fsp3) is 0.143. The summed E-state index contributed by atoms with van der Waals surface area (Å²) in [5.74, 6) is -1.59. The molecule has 0 unspecified atom stereocenters. The number of carbonyl (C=O) groups is 3. The number of hydrogen-bond donors (Lipinski definition) is 2. The molecule has 0 aliphatic rings. The summed E-state index contributed by atoms with van der Waals surface area (Å²) in [6.45, 7) is 1.58. The lowest BCUT2D eigenvalue weighted by Crippen LogP contribution is -2.30. The van der Waals surface area contributed by atoms with Crippen molar-refractivity contribution in [3.63, 3.8) is 0 Å². The van der Waals surface area contributed by atoms with Gasteiger partial charge in [-0.05, 0) is 43.3 Å². The lowest BCUT2D eigenvalue weighted by molar-refractivity contribution is -0.387. The monoisotopic (exact) mass is 486 g/mol. The Labute approximate surface area is 196 Å². The van der Waals surface area contributed by atoms with Crippen molar-refractivity contribution in [2.24, 2.45) is 0 Å². The predicted octanol–water partition coefficient (Wildman–Crippen LogP) is 3.67. The Morgan fingerprint density at radius 3 is 2.42 bits per heavy atom. The van der Waals surface area contributed by atoms with Crippen LogP contribution < -0.4 is 10.6 Å². The summed E-state index contributed by atoms with van der Waals surface area (Å²) < 4.78 is 5.13. The van der Waals surface area contributed by atoms with Gasteiger partial charge in [-0.1, -0.05) is 11.8 Å². The number of nitrogens with zero attached hydrogens (tertiary/aromatic N) is 2. The van der Waals surface area contributed by atoms with Crippen LogP contribution in [0.25, 0.3) is 0 Å². The highest BCUT2D eigenvalue weighted by molar-refractivity contribution is 8.01. The molecule has 33 heavy (non-hydrogen) atoms. The van der Waals surface area contributed by atoms with Gasteiger partial charge < -0.3 is 15.4 Å². The van der Waals surface area contributed by atoms with Gasteiger partial charge in [0.05, 0.1) is 16.9 Å². The summed E-state index contributed by atoms with van der Waals surface area (Å²) in [4.78, 5) is 51.4. The number of nitro groups is 1. The van der Waals surface area contributed by atoms with Gasteiger partial charge in [0, 0.05) is 34.0 Å². The number of anilines is 1. The molecule has 0 aliphatic heterocycles. The number of hydrogen-bond acceptors (Lipinski definition) is 9. The molecule has 0 atom stereocenters. The van der Waals surface area contributed by atoms with Crippen LogP contribution in [0.4, 0.5) is 11.4 Å². The van der Waals surface area contributed by atoms with E-state index < -0.39 is 22.7 Å². The van der Waals surface area contributed by atoms with Gasteiger partial charge in [0.1, 0.15) is 6.54 Å². The molecule has 0 radical (unpaired) electrons. The van der Waals surface area contributed by atoms with Crippen LogP contribution in [-0.4, -0.2) is 41.3 Å². The number of nitro benzene ring substituents is 1. The normalized spacial score (nSPS) is 10.4. The van der Waals surface area contributed by atoms with Gasteiger partial charge in [-0.15, -0.1) is 11.3 Å². The van der Waals surface area contributed by atoms with Crippen LogP contribution in [0.2, 0.25) is 0 Å². The van der Waals surface area contributed by atoms with Gasteiger partial charge in [0.25, 0.3) is 17.5 Å². The molecule has 0 fully saturated rings. The molecule has 170 valence electrons. The zero-order valence-corrected chi connectivity index (χ0v) is 19.1. The molecule has 10 nitrogen and oxygen atoms in total. The molecule has 2 aromatic carbocycles. The number of benzene rings is 2. The summed E-state index contributed by atoms with van der Waals surface area (Å²) in [6.07, 6.45) is 0. The highest BCUT2D eigenvalue weighted by atomic mass is 32.2. The van der Waals surface area contributed by atoms with E-state index in [0.717, 1.165) is 5.69 Å². The van der Waals surface area contributed by atoms with E-state index >= 15 is 0 Å². The molecular weight excluding hydrogens is 468 g/mol. The second-order valence-corrected chi connectivity index (χ2v) is 8.73. The van der Waals surface area contributed by atoms with Crippen LogP contribution >= 0.6 is 23.1 Å². The minimum atomic E-state index is -0.576. The zero-order chi connectivity index (χ0) is 24.0. The minimum absolute atomic E-state index is 0.112. The number of aromatic nitrogens is 1. The number of esters is 1. The summed E-state index contributed by atoms with van der Waals surface area (Å²) >= 11 is 2.55. The lowest BCUT2D eigenvalue weighted by atomic mass is 10.1. The molecule has 0 aliphatic carbocycles. The largest absolute Gasteiger partial charge is 0.468 e. The van der Waals surface area contributed by atoms with E-state index in [1.165, 1.54) is 72.7 Å². The molecule has 0 bridgehead atoms. The third-order valence-corrected chi connectivity index (χ3v) is 6.36. The highest BCUT2D eigenvalue weighted by Gasteiger charge is 2.20. The van der Waals surface area contributed by atoms with E-state index in [9.17, 15) is 24.5 Å². The maximum atomic E-state index is 12.6. The fourth-order valence-corrected chi connectivity index (χ4v) is 4.47. The first-order chi connectivity index (χ1) is 15.8. The number of aryl methyl sites for hydroxylation is 1. The van der Waals surface area contributed by atoms with Crippen LogP contribution in [-0.2, 0) is 9.53 Å². The summed E-state index contributed by atoms with van der Waals surface area (Å²) in [5, 5.41) is 18.4. The van der Waals surface area contributed by atoms with Gasteiger partial charge in [-0.2, -0.15) is 0 Å². The Morgan fingerprint density at radius 1 is 1.12 bits per heavy atom. The van der Waals surface area contributed by atoms with Crippen LogP contribution in [0.5, 0.6) is 0 Å². The molecule has 1 aromatic heterocycles. The van der Waals surface area contributed by atoms with Crippen molar-refractivity contribution in [1.29, 1.82) is 0 Å². The summed E-state index contributed by atoms with van der Waals surface area (Å²) in [6, 6.07) is 10.2. The molecule has 1 heterocycles. The number of amides is 2. The number of thiazole rings is 1. The van der Waals surface area contributed by atoms with Crippen molar-refractivity contribution in [3.05, 3.63) is 74.8 Å². The molecule has 2 N–H and O–H groups in total. The van der Waals surface area contributed by atoms with Gasteiger partial charge >= 0.3 is 5.97 Å². The van der Waals surface area contributed by atoms with Crippen molar-refractivity contribution in [3.8, 4) is 0 Å². The quantitative estimate of drug-likeness (QED) is 0.279. The van der Waals surface area contributed by atoms with E-state index in [1.807, 2.05) is 12.3 Å². The maximum absolute atomic E-state index is 12.6. The Kier molecular flexibility index (Phi) is 7.74. The van der Waals surface area contributed by atoms with Crippen molar-refractivity contribution < 1.29 is 24.0 Å². The Morgan fingerprint density at radius 2 is 1.82 bits per heavy atom. The topological polar surface area (TPSA) is 141 Å². The molecule has 3 aromatic rings. The molecule has 0 spiro atoms. The van der Waals surface area contributed by atoms with Crippen LogP contribution in [0.15, 0.2) is 57.1 Å². The van der Waals surface area contributed by atoms with E-state index in [0.29, 0.717) is 14.9 Å². The van der Waals surface area contributed by atoms with Crippen molar-refractivity contribution in [1.82, 2.24) is 10.3 Å². The molecular formula is C21H18N4O6S2. The minimum Gasteiger partial charge on any atom is -0.468 e. The average molecular weight is 487 g/mol. The summed E-state index contributed by atoms with van der Waals surface area (Å²) in [7, 11) is 1.22. The predicted molar refractivity (Wildman–Crippen MR) is 123 cm³/mol. The molecule has 0 saturated heterocycles. The second kappa shape index (κ2) is 10.7. The van der Waals surface area contributed by atoms with Gasteiger partial charge in [0.2, 0.25) is 0 Å². The average Bonchev–Trinajstić information content (AvgIpc) is 3.22. The second-order valence-electron chi connectivity index (χ2n) is 6.59. The number of carbonyl (C=O) groups excluding carboxylic acids is 3. The SMILES string of the molecule is COC(=O)CNC(=O)c1ccc(NC(=O)c2ccc(Sc3nc(C)cs3)c([N+](=O)[O-])c2)cc1. The Hall–Kier alpha value is -3.77. The van der Waals surface area contributed by atoms with Crippen molar-refractivity contribution >= 4 is 52.3 Å². The smallest absolute Gasteiger partial charge is 0.325 e. The van der Waals surface area contributed by atoms with Crippen LogP contribution in [0, 0.1) is 17.0 Å². The van der Waals surface area contributed by atoms with E-state index in [2.05, 4.69) is 20.4 Å². The Balaban J connectivity index is 1.69. The molecule has 2 amide bonds. The summed E-state index contributed by atoms with van der Waals surface area (Å²) in [5.41, 5.74) is 1.42. The first-order valence-electron chi connectivity index (χ1n) is 9.41. The van der Waals surface area contributed by atoms with Crippen LogP contribution in [0.3, 0.4) is 0 Å². The van der Waals surface area contributed by atoms with Gasteiger partial charge in [-0.25, -0.2) is 4.98 Å². The van der Waals surface area contributed by atoms with Gasteiger partial charge in [-0.3, -0.25) is 24.5 Å². The maximum Gasteiger partial charge on any atom is 0.325 e. The number of methoxy groups -OCH3 is 1. The van der Waals surface area contributed by atoms with E-state index in [-0.39, 0.29) is 23.4 Å². The third-order valence-electron chi connectivity index (χ3n) is 4.24. The Bertz CT molecular complexity index is 1210. The van der Waals surface area contributed by atoms with Gasteiger partial charge in [0.15, 0.2) is 4.34 Å². The van der Waals surface area contributed by atoms with E-state index in [4.69, 9.17) is 0 Å². The third kappa shape index (κ3) is 6.37. The first-order valence-corrected chi connectivity index (χ1v) is 11.1. The number of nitrogens with one attached hydrogen (secondary N) is 2. The lowest BCUT2D eigenvalue weighted by Gasteiger charge is -2.08. The van der Waals surface area contributed by atoms with Crippen molar-refractivity contribution in [2.45, 2.75) is 16.2 Å². The van der Waals surface area contributed by atoms with Crippen molar-refractivity contribution in [2.75, 3.05) is 19.0 Å². The molecule has 12 heteroatoms. The van der Waals surface area contributed by atoms with Crippen LogP contribution in [0.1, 0.15) is 26.4 Å². The molecule has 3 rings (SSSR count).